The van der Waals surface area contributed by atoms with Crippen LogP contribution in [0.4, 0.5) is 14.6 Å². The van der Waals surface area contributed by atoms with Gasteiger partial charge in [-0.2, -0.15) is 0 Å². The molecule has 1 saturated carbocycles. The van der Waals surface area contributed by atoms with Crippen molar-refractivity contribution in [2.24, 2.45) is 5.41 Å². The number of thioether (sulfide) groups is 1. The monoisotopic (exact) mass is 271 g/mol. The van der Waals surface area contributed by atoms with Gasteiger partial charge >= 0.3 is 0 Å². The first-order valence-electron chi connectivity index (χ1n) is 6.06. The predicted molar refractivity (Wildman–Crippen MR) is 67.3 cm³/mol. The number of alkyl halides is 2. The number of hydrogen-bond donors (Lipinski definition) is 0. The van der Waals surface area contributed by atoms with Crippen LogP contribution in [0.15, 0.2) is 17.4 Å². The molecule has 1 unspecified atom stereocenters. The average molecular weight is 271 g/mol. The fourth-order valence-corrected chi connectivity index (χ4v) is 3.11. The van der Waals surface area contributed by atoms with E-state index in [1.807, 2.05) is 11.2 Å². The topological polar surface area (TPSA) is 29.0 Å². The van der Waals surface area contributed by atoms with E-state index < -0.39 is 11.3 Å². The average Bonchev–Trinajstić information content (AvgIpc) is 2.89. The fraction of sp³-hybridized carbons (Fsp3) is 0.667. The standard InChI is InChI=1S/C12H15F2N3S/c1-18-10-15-5-3-9(16-10)17-6-2-4-11(8-17)7-12(11,13)14/h3,5H,2,4,6-8H2,1H3. The minimum absolute atomic E-state index is 0.0387. The van der Waals surface area contributed by atoms with Gasteiger partial charge in [0, 0.05) is 25.7 Å². The Morgan fingerprint density at radius 1 is 1.44 bits per heavy atom. The van der Waals surface area contributed by atoms with E-state index in [2.05, 4.69) is 9.97 Å². The molecule has 98 valence electrons. The molecule has 1 saturated heterocycles. The molecule has 3 rings (SSSR count). The minimum Gasteiger partial charge on any atom is -0.356 e. The number of piperidine rings is 1. The summed E-state index contributed by atoms with van der Waals surface area (Å²) in [4.78, 5) is 10.5. The maximum absolute atomic E-state index is 13.4. The lowest BCUT2D eigenvalue weighted by Crippen LogP contribution is -2.39. The summed E-state index contributed by atoms with van der Waals surface area (Å²) in [6.07, 6.45) is 5.09. The molecule has 6 heteroatoms. The summed E-state index contributed by atoms with van der Waals surface area (Å²) >= 11 is 1.47. The molecular formula is C12H15F2N3S. The molecule has 1 aromatic heterocycles. The molecule has 0 radical (unpaired) electrons. The highest BCUT2D eigenvalue weighted by Crippen LogP contribution is 2.64. The molecule has 1 atom stereocenters. The lowest BCUT2D eigenvalue weighted by molar-refractivity contribution is 0.0574. The van der Waals surface area contributed by atoms with Crippen LogP contribution < -0.4 is 4.90 Å². The second-order valence-electron chi connectivity index (χ2n) is 5.09. The first kappa shape index (κ1) is 12.1. The van der Waals surface area contributed by atoms with E-state index in [1.54, 1.807) is 12.3 Å². The molecule has 18 heavy (non-hydrogen) atoms. The molecule has 0 bridgehead atoms. The molecule has 1 aliphatic heterocycles. The van der Waals surface area contributed by atoms with E-state index in [0.29, 0.717) is 18.1 Å². The maximum Gasteiger partial charge on any atom is 0.256 e. The van der Waals surface area contributed by atoms with Crippen molar-refractivity contribution in [2.45, 2.75) is 30.3 Å². The number of rotatable bonds is 2. The smallest absolute Gasteiger partial charge is 0.256 e. The molecule has 1 aliphatic carbocycles. The first-order chi connectivity index (χ1) is 8.56. The van der Waals surface area contributed by atoms with Crippen LogP contribution in [0.2, 0.25) is 0 Å². The van der Waals surface area contributed by atoms with E-state index >= 15 is 0 Å². The summed E-state index contributed by atoms with van der Waals surface area (Å²) in [5.41, 5.74) is -0.782. The van der Waals surface area contributed by atoms with Crippen LogP contribution in [0, 0.1) is 5.41 Å². The zero-order valence-corrected chi connectivity index (χ0v) is 11.0. The Hall–Kier alpha value is -0.910. The Labute approximate surface area is 109 Å². The van der Waals surface area contributed by atoms with Gasteiger partial charge in [-0.15, -0.1) is 0 Å². The van der Waals surface area contributed by atoms with Crippen molar-refractivity contribution in [2.75, 3.05) is 24.2 Å². The second kappa shape index (κ2) is 4.05. The summed E-state index contributed by atoms with van der Waals surface area (Å²) in [6, 6.07) is 1.80. The molecule has 1 spiro atoms. The predicted octanol–water partition coefficient (Wildman–Crippen LogP) is 2.82. The normalized spacial score (nSPS) is 29.6. The molecule has 3 nitrogen and oxygen atoms in total. The first-order valence-corrected chi connectivity index (χ1v) is 7.29. The zero-order chi connectivity index (χ0) is 12.8. The van der Waals surface area contributed by atoms with Crippen LogP contribution in [0.3, 0.4) is 0 Å². The number of halogens is 2. The molecule has 0 N–H and O–H groups in total. The molecule has 0 amide bonds. The van der Waals surface area contributed by atoms with Crippen LogP contribution in [0.1, 0.15) is 19.3 Å². The number of hydrogen-bond acceptors (Lipinski definition) is 4. The Morgan fingerprint density at radius 2 is 2.22 bits per heavy atom. The summed E-state index contributed by atoms with van der Waals surface area (Å²) in [7, 11) is 0. The van der Waals surface area contributed by atoms with Gasteiger partial charge in [0.25, 0.3) is 5.92 Å². The van der Waals surface area contributed by atoms with Gasteiger partial charge in [-0.1, -0.05) is 11.8 Å². The van der Waals surface area contributed by atoms with Crippen LogP contribution in [-0.4, -0.2) is 35.2 Å². The highest BCUT2D eigenvalue weighted by molar-refractivity contribution is 7.98. The highest BCUT2D eigenvalue weighted by atomic mass is 32.2. The van der Waals surface area contributed by atoms with Gasteiger partial charge in [-0.25, -0.2) is 18.7 Å². The molecule has 1 aromatic rings. The molecule has 2 fully saturated rings. The van der Waals surface area contributed by atoms with Crippen molar-refractivity contribution >= 4 is 17.6 Å². The largest absolute Gasteiger partial charge is 0.356 e. The van der Waals surface area contributed by atoms with Gasteiger partial charge < -0.3 is 4.90 Å². The lowest BCUT2D eigenvalue weighted by atomic mass is 9.94. The Balaban J connectivity index is 1.80. The van der Waals surface area contributed by atoms with E-state index in [0.717, 1.165) is 18.8 Å². The van der Waals surface area contributed by atoms with Gasteiger partial charge in [0.2, 0.25) is 0 Å². The third kappa shape index (κ3) is 1.86. The molecular weight excluding hydrogens is 256 g/mol. The van der Waals surface area contributed by atoms with Crippen LogP contribution in [0.5, 0.6) is 0 Å². The summed E-state index contributed by atoms with van der Waals surface area (Å²) in [6.45, 7) is 1.23. The Bertz CT molecular complexity index is 468. The Morgan fingerprint density at radius 3 is 2.89 bits per heavy atom. The highest BCUT2D eigenvalue weighted by Gasteiger charge is 2.71. The van der Waals surface area contributed by atoms with Gasteiger partial charge in [-0.3, -0.25) is 0 Å². The van der Waals surface area contributed by atoms with Crippen LogP contribution in [0.25, 0.3) is 0 Å². The zero-order valence-electron chi connectivity index (χ0n) is 10.2. The van der Waals surface area contributed by atoms with Gasteiger partial charge in [0.1, 0.15) is 5.82 Å². The van der Waals surface area contributed by atoms with Crippen molar-refractivity contribution < 1.29 is 8.78 Å². The SMILES string of the molecule is CSc1nccc(N2CCCC3(C2)CC3(F)F)n1. The maximum atomic E-state index is 13.4. The van der Waals surface area contributed by atoms with Crippen molar-refractivity contribution in [1.29, 1.82) is 0 Å². The van der Waals surface area contributed by atoms with Crippen molar-refractivity contribution in [3.63, 3.8) is 0 Å². The fourth-order valence-electron chi connectivity index (χ4n) is 2.76. The molecule has 2 heterocycles. The van der Waals surface area contributed by atoms with Crippen LogP contribution in [-0.2, 0) is 0 Å². The van der Waals surface area contributed by atoms with E-state index in [1.165, 1.54) is 11.8 Å². The number of aromatic nitrogens is 2. The number of nitrogens with zero attached hydrogens (tertiary/aromatic N) is 3. The van der Waals surface area contributed by atoms with Crippen molar-refractivity contribution in [3.05, 3.63) is 12.3 Å². The van der Waals surface area contributed by atoms with E-state index in [4.69, 9.17) is 0 Å². The minimum atomic E-state index is -2.47. The van der Waals surface area contributed by atoms with Gasteiger partial charge in [0.15, 0.2) is 5.16 Å². The number of anilines is 1. The second-order valence-corrected chi connectivity index (χ2v) is 5.86. The summed E-state index contributed by atoms with van der Waals surface area (Å²) < 4.78 is 26.9. The third-order valence-electron chi connectivity index (χ3n) is 3.91. The van der Waals surface area contributed by atoms with Gasteiger partial charge in [-0.05, 0) is 25.2 Å². The van der Waals surface area contributed by atoms with Crippen molar-refractivity contribution in [3.8, 4) is 0 Å². The van der Waals surface area contributed by atoms with Gasteiger partial charge in [0.05, 0.1) is 5.41 Å². The summed E-state index contributed by atoms with van der Waals surface area (Å²) in [5.74, 6) is -1.70. The van der Waals surface area contributed by atoms with Crippen molar-refractivity contribution in [1.82, 2.24) is 9.97 Å². The molecule has 0 aromatic carbocycles. The quantitative estimate of drug-likeness (QED) is 0.611. The third-order valence-corrected chi connectivity index (χ3v) is 4.48. The lowest BCUT2D eigenvalue weighted by Gasteiger charge is -2.33. The molecule has 2 aliphatic rings. The van der Waals surface area contributed by atoms with E-state index in [-0.39, 0.29) is 6.42 Å². The summed E-state index contributed by atoms with van der Waals surface area (Å²) in [5, 5.41) is 0.690. The van der Waals surface area contributed by atoms with E-state index in [9.17, 15) is 8.78 Å². The van der Waals surface area contributed by atoms with Crippen LogP contribution >= 0.6 is 11.8 Å². The Kier molecular flexibility index (Phi) is 2.73.